The molecular weight excluding hydrogens is 202 g/mol. The van der Waals surface area contributed by atoms with Crippen molar-refractivity contribution in [3.8, 4) is 0 Å². The summed E-state index contributed by atoms with van der Waals surface area (Å²) < 4.78 is 23.4. The zero-order valence-electron chi connectivity index (χ0n) is 6.65. The summed E-state index contributed by atoms with van der Waals surface area (Å²) in [5, 5.41) is 7.04. The Kier molecular flexibility index (Phi) is 2.39. The van der Waals surface area contributed by atoms with Gasteiger partial charge in [-0.05, 0) is 0 Å². The molecule has 0 radical (unpaired) electrons. The first-order valence-electron chi connectivity index (χ1n) is 3.11. The summed E-state index contributed by atoms with van der Waals surface area (Å²) in [5.41, 5.74) is 0. The van der Waals surface area contributed by atoms with Crippen molar-refractivity contribution in [2.75, 3.05) is 6.26 Å². The molecule has 1 heterocycles. The quantitative estimate of drug-likeness (QED) is 0.641. The Morgan fingerprint density at radius 3 is 2.33 bits per heavy atom. The fraction of sp³-hybridized carbons (Fsp3) is 0.600. The molecule has 0 aliphatic carbocycles. The van der Waals surface area contributed by atoms with Gasteiger partial charge in [0.05, 0.1) is 5.88 Å². The highest BCUT2D eigenvalue weighted by atomic mass is 35.5. The van der Waals surface area contributed by atoms with Gasteiger partial charge in [-0.1, -0.05) is 0 Å². The number of rotatable bonds is 2. The average molecular weight is 210 g/mol. The van der Waals surface area contributed by atoms with Gasteiger partial charge < -0.3 is 4.57 Å². The minimum absolute atomic E-state index is 0.0573. The van der Waals surface area contributed by atoms with Crippen molar-refractivity contribution in [3.63, 3.8) is 0 Å². The van der Waals surface area contributed by atoms with Gasteiger partial charge in [-0.25, -0.2) is 8.42 Å². The predicted molar refractivity (Wildman–Crippen MR) is 43.7 cm³/mol. The van der Waals surface area contributed by atoms with E-state index in [0.29, 0.717) is 5.82 Å². The topological polar surface area (TPSA) is 64.8 Å². The van der Waals surface area contributed by atoms with Gasteiger partial charge in [0.15, 0.2) is 0 Å². The number of nitrogens with zero attached hydrogens (tertiary/aromatic N) is 3. The SMILES string of the molecule is Cn1c(CCl)nnc1S(C)(=O)=O. The van der Waals surface area contributed by atoms with Gasteiger partial charge in [0, 0.05) is 13.3 Å². The van der Waals surface area contributed by atoms with Crippen LogP contribution < -0.4 is 0 Å². The second-order valence-corrected chi connectivity index (χ2v) is 4.54. The molecule has 0 saturated heterocycles. The van der Waals surface area contributed by atoms with Crippen LogP contribution in [0.1, 0.15) is 5.82 Å². The Morgan fingerprint density at radius 1 is 1.50 bits per heavy atom. The lowest BCUT2D eigenvalue weighted by atomic mass is 10.7. The highest BCUT2D eigenvalue weighted by Crippen LogP contribution is 2.07. The zero-order chi connectivity index (χ0) is 9.35. The Morgan fingerprint density at radius 2 is 2.08 bits per heavy atom. The van der Waals surface area contributed by atoms with E-state index in [-0.39, 0.29) is 11.0 Å². The van der Waals surface area contributed by atoms with E-state index in [9.17, 15) is 8.42 Å². The molecule has 0 unspecified atom stereocenters. The maximum atomic E-state index is 11.0. The molecule has 0 amide bonds. The number of alkyl halides is 1. The van der Waals surface area contributed by atoms with Crippen molar-refractivity contribution in [2.45, 2.75) is 11.0 Å². The van der Waals surface area contributed by atoms with Gasteiger partial charge in [-0.3, -0.25) is 0 Å². The van der Waals surface area contributed by atoms with E-state index in [1.165, 1.54) is 4.57 Å². The Bertz CT molecular complexity index is 383. The summed E-state index contributed by atoms with van der Waals surface area (Å²) in [6, 6.07) is 0. The molecule has 0 N–H and O–H groups in total. The van der Waals surface area contributed by atoms with Gasteiger partial charge in [0.2, 0.25) is 15.0 Å². The highest BCUT2D eigenvalue weighted by molar-refractivity contribution is 7.90. The Balaban J connectivity index is 3.30. The van der Waals surface area contributed by atoms with Gasteiger partial charge >= 0.3 is 0 Å². The van der Waals surface area contributed by atoms with Crippen LogP contribution in [0.2, 0.25) is 0 Å². The lowest BCUT2D eigenvalue weighted by Gasteiger charge is -1.97. The standard InChI is InChI=1S/C5H8ClN3O2S/c1-9-4(3-6)7-8-5(9)12(2,10)11/h3H2,1-2H3. The molecule has 1 aromatic heterocycles. The van der Waals surface area contributed by atoms with Crippen LogP contribution in [0.4, 0.5) is 0 Å². The van der Waals surface area contributed by atoms with Crippen molar-refractivity contribution in [1.82, 2.24) is 14.8 Å². The molecule has 12 heavy (non-hydrogen) atoms. The molecule has 0 bridgehead atoms. The first-order valence-corrected chi connectivity index (χ1v) is 5.53. The zero-order valence-corrected chi connectivity index (χ0v) is 8.22. The van der Waals surface area contributed by atoms with Crippen LogP contribution in [0.15, 0.2) is 5.16 Å². The maximum absolute atomic E-state index is 11.0. The molecule has 5 nitrogen and oxygen atoms in total. The van der Waals surface area contributed by atoms with E-state index in [2.05, 4.69) is 10.2 Å². The summed E-state index contributed by atoms with van der Waals surface area (Å²) >= 11 is 5.48. The molecule has 1 rings (SSSR count). The fourth-order valence-corrected chi connectivity index (χ4v) is 1.81. The maximum Gasteiger partial charge on any atom is 0.249 e. The molecule has 0 aromatic carbocycles. The Hall–Kier alpha value is -0.620. The smallest absolute Gasteiger partial charge is 0.249 e. The third-order valence-corrected chi connectivity index (χ3v) is 2.63. The van der Waals surface area contributed by atoms with Crippen LogP contribution in [0, 0.1) is 0 Å². The summed E-state index contributed by atoms with van der Waals surface area (Å²) in [7, 11) is -1.73. The van der Waals surface area contributed by atoms with E-state index in [4.69, 9.17) is 11.6 Å². The largest absolute Gasteiger partial charge is 0.304 e. The van der Waals surface area contributed by atoms with Crippen LogP contribution in [0.5, 0.6) is 0 Å². The van der Waals surface area contributed by atoms with Crippen LogP contribution >= 0.6 is 11.6 Å². The van der Waals surface area contributed by atoms with Crippen LogP contribution in [0.3, 0.4) is 0 Å². The van der Waals surface area contributed by atoms with Gasteiger partial charge in [-0.2, -0.15) is 0 Å². The highest BCUT2D eigenvalue weighted by Gasteiger charge is 2.16. The van der Waals surface area contributed by atoms with Gasteiger partial charge in [0.1, 0.15) is 5.82 Å². The molecular formula is C5H8ClN3O2S. The van der Waals surface area contributed by atoms with Crippen LogP contribution in [0.25, 0.3) is 0 Å². The molecule has 0 saturated carbocycles. The van der Waals surface area contributed by atoms with Crippen molar-refractivity contribution in [3.05, 3.63) is 5.82 Å². The van der Waals surface area contributed by atoms with E-state index in [1.807, 2.05) is 0 Å². The fourth-order valence-electron chi connectivity index (χ4n) is 0.784. The van der Waals surface area contributed by atoms with E-state index < -0.39 is 9.84 Å². The van der Waals surface area contributed by atoms with Crippen molar-refractivity contribution in [1.29, 1.82) is 0 Å². The van der Waals surface area contributed by atoms with Crippen molar-refractivity contribution in [2.24, 2.45) is 7.05 Å². The summed E-state index contributed by atoms with van der Waals surface area (Å²) in [6.45, 7) is 0. The molecule has 1 aromatic rings. The Labute approximate surface area is 75.3 Å². The second kappa shape index (κ2) is 3.02. The van der Waals surface area contributed by atoms with Crippen molar-refractivity contribution >= 4 is 21.4 Å². The average Bonchev–Trinajstić information content (AvgIpc) is 2.29. The minimum atomic E-state index is -3.29. The number of halogens is 1. The molecule has 7 heteroatoms. The van der Waals surface area contributed by atoms with E-state index >= 15 is 0 Å². The lowest BCUT2D eigenvalue weighted by molar-refractivity contribution is 0.583. The third-order valence-electron chi connectivity index (χ3n) is 1.38. The molecule has 0 aliphatic heterocycles. The second-order valence-electron chi connectivity index (χ2n) is 2.36. The molecule has 68 valence electrons. The summed E-state index contributed by atoms with van der Waals surface area (Å²) in [6.07, 6.45) is 1.08. The van der Waals surface area contributed by atoms with Crippen LogP contribution in [-0.4, -0.2) is 29.4 Å². The molecule has 0 fully saturated rings. The first kappa shape index (κ1) is 9.47. The van der Waals surface area contributed by atoms with Crippen LogP contribution in [-0.2, 0) is 22.8 Å². The van der Waals surface area contributed by atoms with Gasteiger partial charge in [0.25, 0.3) is 0 Å². The predicted octanol–water partition coefficient (Wildman–Crippen LogP) is -0.0426. The molecule has 0 atom stereocenters. The summed E-state index contributed by atoms with van der Waals surface area (Å²) in [4.78, 5) is 0. The number of aromatic nitrogens is 3. The number of hydrogen-bond acceptors (Lipinski definition) is 4. The minimum Gasteiger partial charge on any atom is -0.304 e. The van der Waals surface area contributed by atoms with Crippen molar-refractivity contribution < 1.29 is 8.42 Å². The summed E-state index contributed by atoms with van der Waals surface area (Å²) in [5.74, 6) is 0.594. The van der Waals surface area contributed by atoms with Gasteiger partial charge in [-0.15, -0.1) is 21.8 Å². The number of sulfone groups is 1. The normalized spacial score (nSPS) is 11.9. The van der Waals surface area contributed by atoms with E-state index in [0.717, 1.165) is 6.26 Å². The number of hydrogen-bond donors (Lipinski definition) is 0. The molecule has 0 aliphatic rings. The lowest BCUT2D eigenvalue weighted by Crippen LogP contribution is -2.07. The third kappa shape index (κ3) is 1.59. The monoisotopic (exact) mass is 209 g/mol. The first-order chi connectivity index (χ1) is 5.46. The van der Waals surface area contributed by atoms with E-state index in [1.54, 1.807) is 7.05 Å². The molecule has 0 spiro atoms.